The molecule has 0 aromatic heterocycles. The third kappa shape index (κ3) is 4.16. The van der Waals surface area contributed by atoms with Crippen molar-refractivity contribution in [2.75, 3.05) is 6.61 Å². The third-order valence-electron chi connectivity index (χ3n) is 4.14. The highest BCUT2D eigenvalue weighted by atomic mass is 16.5. The minimum atomic E-state index is -0.316. The Bertz CT molecular complexity index is 793. The van der Waals surface area contributed by atoms with Crippen molar-refractivity contribution in [3.8, 4) is 5.75 Å². The molecule has 0 fully saturated rings. The lowest BCUT2D eigenvalue weighted by Crippen LogP contribution is -2.14. The van der Waals surface area contributed by atoms with Gasteiger partial charge in [0.1, 0.15) is 5.75 Å². The maximum Gasteiger partial charge on any atom is 0.174 e. The predicted octanol–water partition coefficient (Wildman–Crippen LogP) is 5.49. The standard InChI is InChI=1S/C23H22O2/c1-2-17-25-21-15-13-19(14-16-21)22(18-9-5-3-6-10-18)23(24)20-11-7-4-8-12-20/h3-16,22H,2,17H2,1H3. The van der Waals surface area contributed by atoms with Crippen molar-refractivity contribution >= 4 is 5.78 Å². The number of benzene rings is 3. The molecule has 0 saturated heterocycles. The van der Waals surface area contributed by atoms with Gasteiger partial charge < -0.3 is 4.74 Å². The van der Waals surface area contributed by atoms with Crippen molar-refractivity contribution in [3.05, 3.63) is 102 Å². The molecule has 0 heterocycles. The Morgan fingerprint density at radius 1 is 0.800 bits per heavy atom. The van der Waals surface area contributed by atoms with Gasteiger partial charge >= 0.3 is 0 Å². The molecule has 0 bridgehead atoms. The van der Waals surface area contributed by atoms with Crippen LogP contribution in [0.4, 0.5) is 0 Å². The van der Waals surface area contributed by atoms with Gasteiger partial charge in [-0.3, -0.25) is 4.79 Å². The molecule has 25 heavy (non-hydrogen) atoms. The molecule has 0 aliphatic carbocycles. The molecule has 0 spiro atoms. The molecule has 0 aliphatic rings. The second kappa shape index (κ2) is 8.29. The van der Waals surface area contributed by atoms with E-state index in [9.17, 15) is 4.79 Å². The van der Waals surface area contributed by atoms with E-state index in [4.69, 9.17) is 4.74 Å². The summed E-state index contributed by atoms with van der Waals surface area (Å²) in [6.07, 6.45) is 0.973. The number of carbonyl (C=O) groups excluding carboxylic acids is 1. The highest BCUT2D eigenvalue weighted by Crippen LogP contribution is 2.29. The SMILES string of the molecule is CCCOc1ccc(C(C(=O)c2ccccc2)c2ccccc2)cc1. The van der Waals surface area contributed by atoms with Gasteiger partial charge in [-0.25, -0.2) is 0 Å². The van der Waals surface area contributed by atoms with Crippen LogP contribution in [0.25, 0.3) is 0 Å². The Labute approximate surface area is 149 Å². The van der Waals surface area contributed by atoms with E-state index >= 15 is 0 Å². The monoisotopic (exact) mass is 330 g/mol. The molecule has 1 unspecified atom stereocenters. The fourth-order valence-electron chi connectivity index (χ4n) is 2.89. The molecule has 2 nitrogen and oxygen atoms in total. The Hall–Kier alpha value is -2.87. The van der Waals surface area contributed by atoms with Crippen LogP contribution >= 0.6 is 0 Å². The number of carbonyl (C=O) groups is 1. The Morgan fingerprint density at radius 2 is 1.36 bits per heavy atom. The van der Waals surface area contributed by atoms with Gasteiger partial charge in [-0.2, -0.15) is 0 Å². The van der Waals surface area contributed by atoms with Gasteiger partial charge in [0.15, 0.2) is 5.78 Å². The highest BCUT2D eigenvalue weighted by molar-refractivity contribution is 6.03. The molecular weight excluding hydrogens is 308 g/mol. The third-order valence-corrected chi connectivity index (χ3v) is 4.14. The van der Waals surface area contributed by atoms with E-state index in [0.29, 0.717) is 6.61 Å². The van der Waals surface area contributed by atoms with Crippen molar-refractivity contribution in [1.82, 2.24) is 0 Å². The molecule has 0 radical (unpaired) electrons. The average Bonchev–Trinajstić information content (AvgIpc) is 2.69. The first-order valence-corrected chi connectivity index (χ1v) is 8.66. The predicted molar refractivity (Wildman–Crippen MR) is 101 cm³/mol. The molecular formula is C23H22O2. The molecule has 3 aromatic rings. The van der Waals surface area contributed by atoms with Crippen LogP contribution in [0.15, 0.2) is 84.9 Å². The summed E-state index contributed by atoms with van der Waals surface area (Å²) in [6.45, 7) is 2.78. The lowest BCUT2D eigenvalue weighted by molar-refractivity contribution is 0.0974. The smallest absolute Gasteiger partial charge is 0.174 e. The first-order valence-electron chi connectivity index (χ1n) is 8.66. The zero-order chi connectivity index (χ0) is 17.5. The summed E-state index contributed by atoms with van der Waals surface area (Å²) < 4.78 is 5.66. The molecule has 126 valence electrons. The maximum atomic E-state index is 13.2. The van der Waals surface area contributed by atoms with Crippen LogP contribution in [-0.2, 0) is 0 Å². The minimum absolute atomic E-state index is 0.106. The number of ketones is 1. The molecule has 2 heteroatoms. The quantitative estimate of drug-likeness (QED) is 0.535. The zero-order valence-electron chi connectivity index (χ0n) is 14.4. The van der Waals surface area contributed by atoms with Crippen molar-refractivity contribution in [1.29, 1.82) is 0 Å². The van der Waals surface area contributed by atoms with E-state index < -0.39 is 0 Å². The van der Waals surface area contributed by atoms with Gasteiger partial charge in [-0.1, -0.05) is 79.7 Å². The lowest BCUT2D eigenvalue weighted by Gasteiger charge is -2.18. The topological polar surface area (TPSA) is 26.3 Å². The summed E-state index contributed by atoms with van der Waals surface area (Å²) in [4.78, 5) is 13.2. The van der Waals surface area contributed by atoms with E-state index in [-0.39, 0.29) is 11.7 Å². The van der Waals surface area contributed by atoms with Crippen molar-refractivity contribution in [2.24, 2.45) is 0 Å². The lowest BCUT2D eigenvalue weighted by atomic mass is 9.85. The average molecular weight is 330 g/mol. The molecule has 3 rings (SSSR count). The largest absolute Gasteiger partial charge is 0.494 e. The first kappa shape index (κ1) is 17.0. The van der Waals surface area contributed by atoms with E-state index in [1.807, 2.05) is 84.9 Å². The van der Waals surface area contributed by atoms with Gasteiger partial charge in [0, 0.05) is 5.56 Å². The van der Waals surface area contributed by atoms with Crippen LogP contribution in [0.2, 0.25) is 0 Å². The summed E-state index contributed by atoms with van der Waals surface area (Å²) in [5.74, 6) is 0.627. The van der Waals surface area contributed by atoms with Crippen molar-refractivity contribution < 1.29 is 9.53 Å². The van der Waals surface area contributed by atoms with Gasteiger partial charge in [0.05, 0.1) is 12.5 Å². The summed E-state index contributed by atoms with van der Waals surface area (Å²) >= 11 is 0. The molecule has 0 saturated carbocycles. The molecule has 0 amide bonds. The summed E-state index contributed by atoms with van der Waals surface area (Å²) in [5, 5.41) is 0. The second-order valence-electron chi connectivity index (χ2n) is 5.99. The zero-order valence-corrected chi connectivity index (χ0v) is 14.4. The van der Waals surface area contributed by atoms with Gasteiger partial charge in [0.2, 0.25) is 0 Å². The van der Waals surface area contributed by atoms with Crippen LogP contribution < -0.4 is 4.74 Å². The molecule has 0 N–H and O–H groups in total. The fraction of sp³-hybridized carbons (Fsp3) is 0.174. The summed E-state index contributed by atoms with van der Waals surface area (Å²) in [5.41, 5.74) is 2.70. The van der Waals surface area contributed by atoms with E-state index in [1.165, 1.54) is 0 Å². The Kier molecular flexibility index (Phi) is 5.63. The van der Waals surface area contributed by atoms with Crippen LogP contribution in [0.5, 0.6) is 5.75 Å². The van der Waals surface area contributed by atoms with E-state index in [0.717, 1.165) is 28.9 Å². The van der Waals surface area contributed by atoms with Gasteiger partial charge in [-0.15, -0.1) is 0 Å². The number of Topliss-reactive ketones (excluding diaryl/α,β-unsaturated/α-hetero) is 1. The van der Waals surface area contributed by atoms with E-state index in [1.54, 1.807) is 0 Å². The highest BCUT2D eigenvalue weighted by Gasteiger charge is 2.23. The number of hydrogen-bond donors (Lipinski definition) is 0. The first-order chi connectivity index (χ1) is 12.3. The Morgan fingerprint density at radius 3 is 1.96 bits per heavy atom. The fourth-order valence-corrected chi connectivity index (χ4v) is 2.89. The second-order valence-corrected chi connectivity index (χ2v) is 5.99. The summed E-state index contributed by atoms with van der Waals surface area (Å²) in [6, 6.07) is 27.3. The molecule has 1 atom stereocenters. The maximum absolute atomic E-state index is 13.2. The summed E-state index contributed by atoms with van der Waals surface area (Å²) in [7, 11) is 0. The number of rotatable bonds is 7. The van der Waals surface area contributed by atoms with Gasteiger partial charge in [0.25, 0.3) is 0 Å². The van der Waals surface area contributed by atoms with Crippen molar-refractivity contribution in [2.45, 2.75) is 19.3 Å². The van der Waals surface area contributed by atoms with E-state index in [2.05, 4.69) is 6.92 Å². The normalized spacial score (nSPS) is 11.7. The van der Waals surface area contributed by atoms with Gasteiger partial charge in [-0.05, 0) is 29.7 Å². The number of hydrogen-bond acceptors (Lipinski definition) is 2. The Balaban J connectivity index is 1.96. The van der Waals surface area contributed by atoms with Crippen LogP contribution in [0.1, 0.15) is 40.7 Å². The van der Waals surface area contributed by atoms with Crippen LogP contribution in [0, 0.1) is 0 Å². The van der Waals surface area contributed by atoms with Crippen LogP contribution in [-0.4, -0.2) is 12.4 Å². The van der Waals surface area contributed by atoms with Crippen LogP contribution in [0.3, 0.4) is 0 Å². The molecule has 3 aromatic carbocycles. The number of ether oxygens (including phenoxy) is 1. The molecule has 0 aliphatic heterocycles. The van der Waals surface area contributed by atoms with Crippen molar-refractivity contribution in [3.63, 3.8) is 0 Å². The minimum Gasteiger partial charge on any atom is -0.494 e.